The summed E-state index contributed by atoms with van der Waals surface area (Å²) in [5.41, 5.74) is 8.00. The lowest BCUT2D eigenvalue weighted by molar-refractivity contribution is 0.606. The maximum atomic E-state index is 5.36. The summed E-state index contributed by atoms with van der Waals surface area (Å²) in [5.74, 6) is 0. The highest BCUT2D eigenvalue weighted by molar-refractivity contribution is 9.10. The molecule has 1 aliphatic heterocycles. The quantitative estimate of drug-likeness (QED) is 0.329. The lowest BCUT2D eigenvalue weighted by Crippen LogP contribution is -2.17. The molecule has 0 atom stereocenters. The predicted octanol–water partition coefficient (Wildman–Crippen LogP) is 6.62. The van der Waals surface area contributed by atoms with Gasteiger partial charge < -0.3 is 0 Å². The fourth-order valence-electron chi connectivity index (χ4n) is 4.49. The second kappa shape index (κ2) is 6.61. The van der Waals surface area contributed by atoms with Crippen molar-refractivity contribution < 1.29 is 0 Å². The minimum absolute atomic E-state index is 0.735. The van der Waals surface area contributed by atoms with Crippen LogP contribution in [0.5, 0.6) is 0 Å². The third-order valence-corrected chi connectivity index (χ3v) is 6.36. The fourth-order valence-corrected chi connectivity index (χ4v) is 4.76. The standard InChI is InChI=1S/C27H17BrN2/c28-20-16-14-19(15-17-20)26-25(18-8-2-1-3-9-18)29-27(30-26)23-12-6-4-10-21(23)22-11-5-7-13-24(22)27/h1-17H. The third-order valence-electron chi connectivity index (χ3n) is 5.83. The van der Waals surface area contributed by atoms with Crippen molar-refractivity contribution in [3.05, 3.63) is 130 Å². The van der Waals surface area contributed by atoms with Crippen LogP contribution in [0.1, 0.15) is 22.3 Å². The molecule has 30 heavy (non-hydrogen) atoms. The van der Waals surface area contributed by atoms with Crippen LogP contribution in [0.2, 0.25) is 0 Å². The molecule has 2 aliphatic rings. The number of fused-ring (bicyclic) bond motifs is 5. The van der Waals surface area contributed by atoms with Gasteiger partial charge in [0.2, 0.25) is 5.66 Å². The van der Waals surface area contributed by atoms with Gasteiger partial charge in [0, 0.05) is 26.7 Å². The summed E-state index contributed by atoms with van der Waals surface area (Å²) in [6.07, 6.45) is 0. The summed E-state index contributed by atoms with van der Waals surface area (Å²) >= 11 is 3.55. The van der Waals surface area contributed by atoms with Crippen LogP contribution in [0.3, 0.4) is 0 Å². The zero-order valence-corrected chi connectivity index (χ0v) is 17.7. The predicted molar refractivity (Wildman–Crippen MR) is 126 cm³/mol. The average Bonchev–Trinajstić information content (AvgIpc) is 3.33. The van der Waals surface area contributed by atoms with Crippen molar-refractivity contribution in [3.8, 4) is 11.1 Å². The van der Waals surface area contributed by atoms with Gasteiger partial charge in [0.15, 0.2) is 0 Å². The van der Waals surface area contributed by atoms with Gasteiger partial charge in [-0.1, -0.05) is 107 Å². The molecule has 0 radical (unpaired) electrons. The highest BCUT2D eigenvalue weighted by atomic mass is 79.9. The molecule has 4 aromatic carbocycles. The van der Waals surface area contributed by atoms with Crippen LogP contribution < -0.4 is 0 Å². The van der Waals surface area contributed by atoms with Crippen LogP contribution in [0.4, 0.5) is 0 Å². The Kier molecular flexibility index (Phi) is 3.87. The number of nitrogens with zero attached hydrogens (tertiary/aromatic N) is 2. The Labute approximate surface area is 183 Å². The summed E-state index contributed by atoms with van der Waals surface area (Å²) in [6, 6.07) is 35.7. The van der Waals surface area contributed by atoms with Crippen molar-refractivity contribution in [1.82, 2.24) is 0 Å². The van der Waals surface area contributed by atoms with Gasteiger partial charge in [-0.3, -0.25) is 0 Å². The van der Waals surface area contributed by atoms with E-state index in [4.69, 9.17) is 9.98 Å². The van der Waals surface area contributed by atoms with E-state index in [0.717, 1.165) is 38.1 Å². The highest BCUT2D eigenvalue weighted by Crippen LogP contribution is 2.52. The molecule has 0 unspecified atom stereocenters. The third kappa shape index (κ3) is 2.49. The second-order valence-electron chi connectivity index (χ2n) is 7.56. The Balaban J connectivity index is 1.67. The molecule has 0 saturated heterocycles. The summed E-state index contributed by atoms with van der Waals surface area (Å²) in [6.45, 7) is 0. The molecule has 142 valence electrons. The first-order chi connectivity index (χ1) is 14.8. The van der Waals surface area contributed by atoms with E-state index in [-0.39, 0.29) is 0 Å². The van der Waals surface area contributed by atoms with Crippen molar-refractivity contribution in [2.75, 3.05) is 0 Å². The summed E-state index contributed by atoms with van der Waals surface area (Å²) in [7, 11) is 0. The normalized spacial score (nSPS) is 15.5. The highest BCUT2D eigenvalue weighted by Gasteiger charge is 2.47. The summed E-state index contributed by atoms with van der Waals surface area (Å²) in [5, 5.41) is 0. The van der Waals surface area contributed by atoms with Crippen molar-refractivity contribution in [2.24, 2.45) is 9.98 Å². The molecule has 0 aromatic heterocycles. The van der Waals surface area contributed by atoms with Crippen LogP contribution in [0, 0.1) is 0 Å². The number of hydrogen-bond acceptors (Lipinski definition) is 2. The van der Waals surface area contributed by atoms with Crippen molar-refractivity contribution in [2.45, 2.75) is 5.66 Å². The van der Waals surface area contributed by atoms with Crippen molar-refractivity contribution in [3.63, 3.8) is 0 Å². The molecule has 1 aliphatic carbocycles. The largest absolute Gasteiger partial charge is 0.243 e. The number of hydrogen-bond donors (Lipinski definition) is 0. The Morgan fingerprint density at radius 2 is 0.967 bits per heavy atom. The smallest absolute Gasteiger partial charge is 0.204 e. The van der Waals surface area contributed by atoms with E-state index in [1.165, 1.54) is 11.1 Å². The molecule has 4 aromatic rings. The lowest BCUT2D eigenvalue weighted by atomic mass is 9.99. The molecule has 6 rings (SSSR count). The first kappa shape index (κ1) is 17.5. The zero-order chi connectivity index (χ0) is 20.1. The van der Waals surface area contributed by atoms with Gasteiger partial charge in [-0.15, -0.1) is 0 Å². The van der Waals surface area contributed by atoms with Crippen LogP contribution in [-0.2, 0) is 5.66 Å². The molecule has 0 amide bonds. The summed E-state index contributed by atoms with van der Waals surface area (Å²) in [4.78, 5) is 10.7. The van der Waals surface area contributed by atoms with Crippen molar-refractivity contribution >= 4 is 27.4 Å². The van der Waals surface area contributed by atoms with E-state index in [1.54, 1.807) is 0 Å². The Bertz CT molecular complexity index is 1290. The molecule has 0 N–H and O–H groups in total. The van der Waals surface area contributed by atoms with Crippen LogP contribution >= 0.6 is 15.9 Å². The van der Waals surface area contributed by atoms with E-state index in [9.17, 15) is 0 Å². The SMILES string of the molecule is Brc1ccc(C2=NC3(N=C2c2ccccc2)c2ccccc2-c2ccccc23)cc1. The second-order valence-corrected chi connectivity index (χ2v) is 8.47. The molecule has 2 nitrogen and oxygen atoms in total. The van der Waals surface area contributed by atoms with Gasteiger partial charge in [-0.2, -0.15) is 0 Å². The van der Waals surface area contributed by atoms with Gasteiger partial charge in [-0.05, 0) is 23.3 Å². The van der Waals surface area contributed by atoms with E-state index in [0.29, 0.717) is 0 Å². The van der Waals surface area contributed by atoms with E-state index >= 15 is 0 Å². The molecule has 1 heterocycles. The fraction of sp³-hybridized carbons (Fsp3) is 0.0370. The number of aliphatic imine (C=N–C) groups is 2. The maximum Gasteiger partial charge on any atom is 0.204 e. The Morgan fingerprint density at radius 1 is 0.500 bits per heavy atom. The van der Waals surface area contributed by atoms with Crippen LogP contribution in [0.25, 0.3) is 11.1 Å². The van der Waals surface area contributed by atoms with Gasteiger partial charge in [0.05, 0.1) is 11.4 Å². The van der Waals surface area contributed by atoms with Crippen LogP contribution in [-0.4, -0.2) is 11.4 Å². The van der Waals surface area contributed by atoms with E-state index in [2.05, 4.69) is 113 Å². The molecule has 0 fully saturated rings. The maximum absolute atomic E-state index is 5.36. The molecular formula is C27H17BrN2. The van der Waals surface area contributed by atoms with Gasteiger partial charge >= 0.3 is 0 Å². The van der Waals surface area contributed by atoms with E-state index < -0.39 is 5.66 Å². The number of rotatable bonds is 2. The number of benzene rings is 4. The first-order valence-corrected chi connectivity index (χ1v) is 10.8. The lowest BCUT2D eigenvalue weighted by Gasteiger charge is -2.20. The monoisotopic (exact) mass is 448 g/mol. The molecule has 0 saturated carbocycles. The van der Waals surface area contributed by atoms with E-state index in [1.807, 2.05) is 6.07 Å². The van der Waals surface area contributed by atoms with Crippen LogP contribution in [0.15, 0.2) is 118 Å². The van der Waals surface area contributed by atoms with Crippen molar-refractivity contribution in [1.29, 1.82) is 0 Å². The molecular weight excluding hydrogens is 432 g/mol. The zero-order valence-electron chi connectivity index (χ0n) is 16.1. The molecule has 3 heteroatoms. The molecule has 0 bridgehead atoms. The number of halogens is 1. The average molecular weight is 449 g/mol. The Hall–Kier alpha value is -3.30. The minimum atomic E-state index is -0.735. The Morgan fingerprint density at radius 3 is 1.53 bits per heavy atom. The van der Waals surface area contributed by atoms with Gasteiger partial charge in [-0.25, -0.2) is 9.98 Å². The topological polar surface area (TPSA) is 24.7 Å². The first-order valence-electron chi connectivity index (χ1n) is 9.97. The van der Waals surface area contributed by atoms with Gasteiger partial charge in [0.1, 0.15) is 0 Å². The minimum Gasteiger partial charge on any atom is -0.243 e. The molecule has 1 spiro atoms. The van der Waals surface area contributed by atoms with Gasteiger partial charge in [0.25, 0.3) is 0 Å². The summed E-state index contributed by atoms with van der Waals surface area (Å²) < 4.78 is 1.05.